The molecule has 1 aliphatic heterocycles. The molecule has 22 heavy (non-hydrogen) atoms. The molecule has 1 fully saturated rings. The maximum Gasteiger partial charge on any atom is 0.212 e. The van der Waals surface area contributed by atoms with Gasteiger partial charge in [0.25, 0.3) is 0 Å². The minimum absolute atomic E-state index is 0.594. The first kappa shape index (κ1) is 16.5. The lowest BCUT2D eigenvalue weighted by molar-refractivity contribution is 0.181. The van der Waals surface area contributed by atoms with Crippen molar-refractivity contribution >= 4 is 5.96 Å². The van der Waals surface area contributed by atoms with Crippen LogP contribution in [-0.4, -0.2) is 56.3 Å². The summed E-state index contributed by atoms with van der Waals surface area (Å²) in [5.41, 5.74) is 1.06. The lowest BCUT2D eigenvalue weighted by Crippen LogP contribution is -2.41. The number of pyridine rings is 1. The molecule has 6 heteroatoms. The lowest BCUT2D eigenvalue weighted by Gasteiger charge is -2.24. The molecule has 2 heterocycles. The highest BCUT2D eigenvalue weighted by molar-refractivity contribution is 5.79. The first-order valence-electron chi connectivity index (χ1n) is 7.79. The number of methoxy groups -OCH3 is 1. The molecular formula is C16H26N4O2. The quantitative estimate of drug-likeness (QED) is 0.638. The van der Waals surface area contributed by atoms with E-state index in [9.17, 15) is 0 Å². The Balaban J connectivity index is 1.95. The molecule has 1 aliphatic rings. The molecule has 0 amide bonds. The third-order valence-electron chi connectivity index (χ3n) is 3.67. The molecule has 2 rings (SSSR count). The molecular weight excluding hydrogens is 280 g/mol. The molecule has 1 saturated heterocycles. The smallest absolute Gasteiger partial charge is 0.212 e. The standard InChI is InChI=1S/C16H26N4O2/c1-4-17-16(20(2)11-14-7-8-22-12-14)19-10-13-5-6-15(21-3)18-9-13/h5-6,9,14H,4,7-8,10-12H2,1-3H3,(H,17,19). The third kappa shape index (κ3) is 4.87. The second-order valence-electron chi connectivity index (χ2n) is 5.49. The number of aromatic nitrogens is 1. The average molecular weight is 306 g/mol. The number of hydrogen-bond donors (Lipinski definition) is 1. The van der Waals surface area contributed by atoms with Gasteiger partial charge in [0.1, 0.15) is 0 Å². The zero-order chi connectivity index (χ0) is 15.8. The van der Waals surface area contributed by atoms with Crippen molar-refractivity contribution in [1.82, 2.24) is 15.2 Å². The van der Waals surface area contributed by atoms with Gasteiger partial charge in [-0.25, -0.2) is 9.98 Å². The van der Waals surface area contributed by atoms with Gasteiger partial charge in [-0.05, 0) is 18.9 Å². The van der Waals surface area contributed by atoms with Crippen molar-refractivity contribution in [2.45, 2.75) is 19.9 Å². The van der Waals surface area contributed by atoms with Gasteiger partial charge in [0.15, 0.2) is 5.96 Å². The van der Waals surface area contributed by atoms with Crippen LogP contribution in [0.25, 0.3) is 0 Å². The van der Waals surface area contributed by atoms with Crippen LogP contribution in [0.4, 0.5) is 0 Å². The Morgan fingerprint density at radius 2 is 2.41 bits per heavy atom. The van der Waals surface area contributed by atoms with Crippen molar-refractivity contribution in [2.24, 2.45) is 10.9 Å². The van der Waals surface area contributed by atoms with E-state index in [1.165, 1.54) is 0 Å². The molecule has 1 N–H and O–H groups in total. The molecule has 1 atom stereocenters. The SMILES string of the molecule is CCNC(=NCc1ccc(OC)nc1)N(C)CC1CCOC1. The Hall–Kier alpha value is -1.82. The highest BCUT2D eigenvalue weighted by atomic mass is 16.5. The zero-order valence-electron chi connectivity index (χ0n) is 13.7. The van der Waals surface area contributed by atoms with Gasteiger partial charge < -0.3 is 19.7 Å². The molecule has 0 aliphatic carbocycles. The van der Waals surface area contributed by atoms with E-state index in [0.29, 0.717) is 18.3 Å². The monoisotopic (exact) mass is 306 g/mol. The molecule has 0 bridgehead atoms. The van der Waals surface area contributed by atoms with E-state index >= 15 is 0 Å². The van der Waals surface area contributed by atoms with E-state index in [1.807, 2.05) is 12.1 Å². The predicted molar refractivity (Wildman–Crippen MR) is 87.2 cm³/mol. The van der Waals surface area contributed by atoms with E-state index in [2.05, 4.69) is 29.2 Å². The Morgan fingerprint density at radius 1 is 1.55 bits per heavy atom. The van der Waals surface area contributed by atoms with E-state index < -0.39 is 0 Å². The van der Waals surface area contributed by atoms with Gasteiger partial charge in [0.2, 0.25) is 5.88 Å². The molecule has 6 nitrogen and oxygen atoms in total. The number of rotatable bonds is 6. The van der Waals surface area contributed by atoms with Gasteiger partial charge >= 0.3 is 0 Å². The Kier molecular flexibility index (Phi) is 6.45. The van der Waals surface area contributed by atoms with Crippen LogP contribution in [0, 0.1) is 5.92 Å². The molecule has 1 unspecified atom stereocenters. The molecule has 0 aromatic carbocycles. The van der Waals surface area contributed by atoms with Crippen molar-refractivity contribution in [3.8, 4) is 5.88 Å². The summed E-state index contributed by atoms with van der Waals surface area (Å²) >= 11 is 0. The van der Waals surface area contributed by atoms with Gasteiger partial charge in [-0.2, -0.15) is 0 Å². The van der Waals surface area contributed by atoms with Crippen LogP contribution in [-0.2, 0) is 11.3 Å². The molecule has 0 saturated carbocycles. The summed E-state index contributed by atoms with van der Waals surface area (Å²) in [7, 11) is 3.69. The fourth-order valence-electron chi connectivity index (χ4n) is 2.46. The normalized spacial score (nSPS) is 18.3. The van der Waals surface area contributed by atoms with Gasteiger partial charge in [0, 0.05) is 44.9 Å². The number of ether oxygens (including phenoxy) is 2. The number of nitrogens with one attached hydrogen (secondary N) is 1. The Bertz CT molecular complexity index is 470. The molecule has 0 radical (unpaired) electrons. The fraction of sp³-hybridized carbons (Fsp3) is 0.625. The summed E-state index contributed by atoms with van der Waals surface area (Å²) < 4.78 is 10.5. The van der Waals surface area contributed by atoms with Crippen LogP contribution in [0.3, 0.4) is 0 Å². The van der Waals surface area contributed by atoms with Gasteiger partial charge in [-0.3, -0.25) is 0 Å². The van der Waals surface area contributed by atoms with Gasteiger partial charge in [-0.1, -0.05) is 6.07 Å². The van der Waals surface area contributed by atoms with E-state index in [-0.39, 0.29) is 0 Å². The highest BCUT2D eigenvalue weighted by Gasteiger charge is 2.18. The molecule has 1 aromatic rings. The summed E-state index contributed by atoms with van der Waals surface area (Å²) in [6.07, 6.45) is 2.93. The molecule has 0 spiro atoms. The summed E-state index contributed by atoms with van der Waals surface area (Å²) in [5.74, 6) is 2.14. The topological polar surface area (TPSA) is 59.0 Å². The van der Waals surface area contributed by atoms with Crippen molar-refractivity contribution in [3.63, 3.8) is 0 Å². The van der Waals surface area contributed by atoms with Crippen LogP contribution in [0.2, 0.25) is 0 Å². The fourth-order valence-corrected chi connectivity index (χ4v) is 2.46. The Morgan fingerprint density at radius 3 is 3.00 bits per heavy atom. The van der Waals surface area contributed by atoms with E-state index in [0.717, 1.165) is 44.2 Å². The van der Waals surface area contributed by atoms with Crippen molar-refractivity contribution in [2.75, 3.05) is 40.5 Å². The van der Waals surface area contributed by atoms with Crippen molar-refractivity contribution in [1.29, 1.82) is 0 Å². The van der Waals surface area contributed by atoms with Crippen LogP contribution < -0.4 is 10.1 Å². The minimum Gasteiger partial charge on any atom is -0.481 e. The van der Waals surface area contributed by atoms with Crippen molar-refractivity contribution < 1.29 is 9.47 Å². The van der Waals surface area contributed by atoms with Crippen LogP contribution >= 0.6 is 0 Å². The second-order valence-corrected chi connectivity index (χ2v) is 5.49. The van der Waals surface area contributed by atoms with E-state index in [1.54, 1.807) is 13.3 Å². The number of guanidine groups is 1. The average Bonchev–Trinajstić information content (AvgIpc) is 3.04. The number of hydrogen-bond acceptors (Lipinski definition) is 4. The highest BCUT2D eigenvalue weighted by Crippen LogP contribution is 2.13. The summed E-state index contributed by atoms with van der Waals surface area (Å²) in [6.45, 7) is 6.23. The number of aliphatic imine (C=N–C) groups is 1. The first-order chi connectivity index (χ1) is 10.7. The maximum atomic E-state index is 5.44. The predicted octanol–water partition coefficient (Wildman–Crippen LogP) is 1.52. The number of nitrogens with zero attached hydrogens (tertiary/aromatic N) is 3. The second kappa shape index (κ2) is 8.58. The summed E-state index contributed by atoms with van der Waals surface area (Å²) in [6, 6.07) is 3.85. The molecule has 1 aromatic heterocycles. The lowest BCUT2D eigenvalue weighted by atomic mass is 10.1. The largest absolute Gasteiger partial charge is 0.481 e. The summed E-state index contributed by atoms with van der Waals surface area (Å²) in [4.78, 5) is 11.1. The van der Waals surface area contributed by atoms with Crippen LogP contribution in [0.5, 0.6) is 5.88 Å². The first-order valence-corrected chi connectivity index (χ1v) is 7.79. The van der Waals surface area contributed by atoms with Crippen LogP contribution in [0.15, 0.2) is 23.3 Å². The minimum atomic E-state index is 0.594. The van der Waals surface area contributed by atoms with E-state index in [4.69, 9.17) is 14.5 Å². The zero-order valence-corrected chi connectivity index (χ0v) is 13.7. The third-order valence-corrected chi connectivity index (χ3v) is 3.67. The van der Waals surface area contributed by atoms with Gasteiger partial charge in [-0.15, -0.1) is 0 Å². The van der Waals surface area contributed by atoms with Gasteiger partial charge in [0.05, 0.1) is 20.3 Å². The summed E-state index contributed by atoms with van der Waals surface area (Å²) in [5, 5.41) is 3.34. The van der Waals surface area contributed by atoms with Crippen molar-refractivity contribution in [3.05, 3.63) is 23.9 Å². The maximum absolute atomic E-state index is 5.44. The Labute approximate surface area is 132 Å². The molecule has 122 valence electrons. The van der Waals surface area contributed by atoms with Crippen LogP contribution in [0.1, 0.15) is 18.9 Å².